The van der Waals surface area contributed by atoms with Gasteiger partial charge in [-0.1, -0.05) is 60.7 Å². The minimum atomic E-state index is 0.0118. The van der Waals surface area contributed by atoms with E-state index in [0.29, 0.717) is 13.1 Å². The van der Waals surface area contributed by atoms with Crippen molar-refractivity contribution in [1.29, 1.82) is 0 Å². The van der Waals surface area contributed by atoms with Gasteiger partial charge in [-0.05, 0) is 11.1 Å². The van der Waals surface area contributed by atoms with Gasteiger partial charge in [0.1, 0.15) is 0 Å². The predicted octanol–water partition coefficient (Wildman–Crippen LogP) is 2.95. The standard InChI is InChI=1S/C16H16N2O/c19-16-17-11-15(14-9-5-2-6-10-14)18(16)12-13-7-3-1-4-8-13/h1-10,15H,11-12H2,(H,17,19). The zero-order valence-corrected chi connectivity index (χ0v) is 10.6. The van der Waals surface area contributed by atoms with E-state index in [-0.39, 0.29) is 12.1 Å². The van der Waals surface area contributed by atoms with Crippen molar-refractivity contribution in [2.75, 3.05) is 6.54 Å². The normalized spacial score (nSPS) is 18.4. The highest BCUT2D eigenvalue weighted by Gasteiger charge is 2.31. The molecule has 0 radical (unpaired) electrons. The molecule has 2 amide bonds. The maximum Gasteiger partial charge on any atom is 0.318 e. The summed E-state index contributed by atoms with van der Waals surface area (Å²) in [4.78, 5) is 13.9. The molecule has 1 atom stereocenters. The van der Waals surface area contributed by atoms with Crippen LogP contribution in [0.4, 0.5) is 4.79 Å². The number of carbonyl (C=O) groups excluding carboxylic acids is 1. The summed E-state index contributed by atoms with van der Waals surface area (Å²) in [6.45, 7) is 1.32. The van der Waals surface area contributed by atoms with Gasteiger partial charge in [0.15, 0.2) is 0 Å². The van der Waals surface area contributed by atoms with Gasteiger partial charge in [-0.25, -0.2) is 4.79 Å². The van der Waals surface area contributed by atoms with Gasteiger partial charge >= 0.3 is 6.03 Å². The van der Waals surface area contributed by atoms with Gasteiger partial charge in [-0.3, -0.25) is 0 Å². The third-order valence-corrected chi connectivity index (χ3v) is 3.46. The number of benzene rings is 2. The molecule has 1 heterocycles. The molecule has 2 aromatic carbocycles. The number of nitrogens with zero attached hydrogens (tertiary/aromatic N) is 1. The van der Waals surface area contributed by atoms with Crippen molar-refractivity contribution in [3.63, 3.8) is 0 Å². The molecule has 0 spiro atoms. The number of hydrogen-bond acceptors (Lipinski definition) is 1. The first-order chi connectivity index (χ1) is 9.34. The highest BCUT2D eigenvalue weighted by molar-refractivity contribution is 5.77. The lowest BCUT2D eigenvalue weighted by Crippen LogP contribution is -2.29. The Kier molecular flexibility index (Phi) is 3.19. The number of urea groups is 1. The van der Waals surface area contributed by atoms with Gasteiger partial charge in [-0.15, -0.1) is 0 Å². The maximum absolute atomic E-state index is 12.0. The molecular weight excluding hydrogens is 236 g/mol. The van der Waals surface area contributed by atoms with Crippen LogP contribution in [0.25, 0.3) is 0 Å². The molecule has 1 aliphatic rings. The number of nitrogens with one attached hydrogen (secondary N) is 1. The van der Waals surface area contributed by atoms with E-state index in [4.69, 9.17) is 0 Å². The summed E-state index contributed by atoms with van der Waals surface area (Å²) < 4.78 is 0. The Morgan fingerprint density at radius 3 is 2.32 bits per heavy atom. The second-order valence-electron chi connectivity index (χ2n) is 4.73. The van der Waals surface area contributed by atoms with Crippen LogP contribution >= 0.6 is 0 Å². The fourth-order valence-electron chi connectivity index (χ4n) is 2.47. The van der Waals surface area contributed by atoms with Crippen LogP contribution in [0.2, 0.25) is 0 Å². The zero-order chi connectivity index (χ0) is 13.1. The zero-order valence-electron chi connectivity index (χ0n) is 10.6. The highest BCUT2D eigenvalue weighted by atomic mass is 16.2. The van der Waals surface area contributed by atoms with E-state index in [1.54, 1.807) is 0 Å². The van der Waals surface area contributed by atoms with E-state index in [9.17, 15) is 4.79 Å². The van der Waals surface area contributed by atoms with Crippen LogP contribution in [0.3, 0.4) is 0 Å². The molecule has 0 bridgehead atoms. The lowest BCUT2D eigenvalue weighted by atomic mass is 10.1. The quantitative estimate of drug-likeness (QED) is 0.895. The molecule has 19 heavy (non-hydrogen) atoms. The Labute approximate surface area is 112 Å². The second kappa shape index (κ2) is 5.14. The third kappa shape index (κ3) is 2.45. The summed E-state index contributed by atoms with van der Waals surface area (Å²) in [6, 6.07) is 20.4. The average molecular weight is 252 g/mol. The van der Waals surface area contributed by atoms with Gasteiger partial charge in [0.25, 0.3) is 0 Å². The van der Waals surface area contributed by atoms with E-state index < -0.39 is 0 Å². The fraction of sp³-hybridized carbons (Fsp3) is 0.188. The molecule has 3 rings (SSSR count). The molecule has 0 saturated carbocycles. The molecule has 0 aromatic heterocycles. The average Bonchev–Trinajstić information content (AvgIpc) is 2.82. The van der Waals surface area contributed by atoms with Crippen LogP contribution in [-0.4, -0.2) is 17.5 Å². The summed E-state index contributed by atoms with van der Waals surface area (Å²) in [7, 11) is 0. The topological polar surface area (TPSA) is 32.3 Å². The van der Waals surface area contributed by atoms with Crippen molar-refractivity contribution >= 4 is 6.03 Å². The summed E-state index contributed by atoms with van der Waals surface area (Å²) >= 11 is 0. The lowest BCUT2D eigenvalue weighted by molar-refractivity contribution is 0.201. The van der Waals surface area contributed by atoms with E-state index >= 15 is 0 Å². The smallest absolute Gasteiger partial charge is 0.318 e. The Balaban J connectivity index is 1.83. The minimum absolute atomic E-state index is 0.0118. The van der Waals surface area contributed by atoms with Crippen molar-refractivity contribution in [2.24, 2.45) is 0 Å². The maximum atomic E-state index is 12.0. The van der Waals surface area contributed by atoms with Crippen molar-refractivity contribution < 1.29 is 4.79 Å². The van der Waals surface area contributed by atoms with Gasteiger partial charge < -0.3 is 10.2 Å². The molecule has 1 unspecified atom stereocenters. The Hall–Kier alpha value is -2.29. The molecule has 96 valence electrons. The first-order valence-electron chi connectivity index (χ1n) is 6.48. The van der Waals surface area contributed by atoms with Crippen LogP contribution in [-0.2, 0) is 6.54 Å². The second-order valence-corrected chi connectivity index (χ2v) is 4.73. The number of amides is 2. The minimum Gasteiger partial charge on any atom is -0.336 e. The van der Waals surface area contributed by atoms with Crippen molar-refractivity contribution in [2.45, 2.75) is 12.6 Å². The van der Waals surface area contributed by atoms with E-state index in [0.717, 1.165) is 5.56 Å². The predicted molar refractivity (Wildman–Crippen MR) is 74.6 cm³/mol. The summed E-state index contributed by atoms with van der Waals surface area (Å²) in [5.74, 6) is 0. The van der Waals surface area contributed by atoms with Gasteiger partial charge in [0.05, 0.1) is 6.04 Å². The van der Waals surface area contributed by atoms with E-state index in [2.05, 4.69) is 17.4 Å². The molecule has 1 saturated heterocycles. The van der Waals surface area contributed by atoms with E-state index in [1.165, 1.54) is 5.56 Å². The fourth-order valence-corrected chi connectivity index (χ4v) is 2.47. The number of hydrogen-bond donors (Lipinski definition) is 1. The summed E-state index contributed by atoms with van der Waals surface area (Å²) in [6.07, 6.45) is 0. The van der Waals surface area contributed by atoms with Gasteiger partial charge in [0, 0.05) is 13.1 Å². The van der Waals surface area contributed by atoms with Crippen molar-refractivity contribution in [1.82, 2.24) is 10.2 Å². The number of rotatable bonds is 3. The molecule has 0 aliphatic carbocycles. The van der Waals surface area contributed by atoms with Crippen molar-refractivity contribution in [3.8, 4) is 0 Å². The highest BCUT2D eigenvalue weighted by Crippen LogP contribution is 2.26. The Morgan fingerprint density at radius 1 is 1.00 bits per heavy atom. The Bertz CT molecular complexity index is 553. The van der Waals surface area contributed by atoms with Crippen LogP contribution in [0, 0.1) is 0 Å². The molecule has 3 nitrogen and oxygen atoms in total. The summed E-state index contributed by atoms with van der Waals surface area (Å²) in [5, 5.41) is 2.93. The molecule has 3 heteroatoms. The van der Waals surface area contributed by atoms with E-state index in [1.807, 2.05) is 53.4 Å². The molecule has 2 aromatic rings. The molecular formula is C16H16N2O. The van der Waals surface area contributed by atoms with Crippen molar-refractivity contribution in [3.05, 3.63) is 71.8 Å². The molecule has 1 N–H and O–H groups in total. The Morgan fingerprint density at radius 2 is 1.63 bits per heavy atom. The van der Waals surface area contributed by atoms with Crippen LogP contribution in [0.5, 0.6) is 0 Å². The first-order valence-corrected chi connectivity index (χ1v) is 6.48. The van der Waals surface area contributed by atoms with Crippen LogP contribution < -0.4 is 5.32 Å². The van der Waals surface area contributed by atoms with Crippen LogP contribution in [0.15, 0.2) is 60.7 Å². The molecule has 1 aliphatic heterocycles. The lowest BCUT2D eigenvalue weighted by Gasteiger charge is -2.23. The van der Waals surface area contributed by atoms with Crippen LogP contribution in [0.1, 0.15) is 17.2 Å². The number of carbonyl (C=O) groups is 1. The first kappa shape index (κ1) is 11.8. The van der Waals surface area contributed by atoms with Gasteiger partial charge in [-0.2, -0.15) is 0 Å². The van der Waals surface area contributed by atoms with Gasteiger partial charge in [0.2, 0.25) is 0 Å². The third-order valence-electron chi connectivity index (χ3n) is 3.46. The molecule has 1 fully saturated rings. The largest absolute Gasteiger partial charge is 0.336 e. The summed E-state index contributed by atoms with van der Waals surface area (Å²) in [5.41, 5.74) is 2.33. The monoisotopic (exact) mass is 252 g/mol. The SMILES string of the molecule is O=C1NCC(c2ccccc2)N1Cc1ccccc1.